The third-order valence-electron chi connectivity index (χ3n) is 5.60. The molecule has 1 aromatic carbocycles. The zero-order valence-corrected chi connectivity index (χ0v) is 23.3. The van der Waals surface area contributed by atoms with Gasteiger partial charge in [-0.05, 0) is 31.5 Å². The Morgan fingerprint density at radius 3 is 2.49 bits per heavy atom. The van der Waals surface area contributed by atoms with Crippen LogP contribution >= 0.6 is 0 Å². The number of aromatic nitrogens is 3. The van der Waals surface area contributed by atoms with E-state index >= 15 is 0 Å². The molecule has 0 saturated heterocycles. The third kappa shape index (κ3) is 8.99. The van der Waals surface area contributed by atoms with Gasteiger partial charge >= 0.3 is 6.09 Å². The molecule has 3 rings (SSSR count). The Hall–Kier alpha value is -3.59. The molecule has 0 aliphatic rings. The van der Waals surface area contributed by atoms with Crippen molar-refractivity contribution in [2.75, 3.05) is 33.0 Å². The Kier molecular flexibility index (Phi) is 9.97. The number of nitrogens with one attached hydrogen (secondary N) is 2. The molecule has 0 unspecified atom stereocenters. The van der Waals surface area contributed by atoms with Gasteiger partial charge < -0.3 is 25.4 Å². The van der Waals surface area contributed by atoms with Gasteiger partial charge in [0, 0.05) is 20.1 Å². The minimum absolute atomic E-state index is 0.0530. The lowest BCUT2D eigenvalue weighted by atomic mass is 10.1. The van der Waals surface area contributed by atoms with Gasteiger partial charge in [-0.3, -0.25) is 9.20 Å². The van der Waals surface area contributed by atoms with Crippen LogP contribution < -0.4 is 15.8 Å². The summed E-state index contributed by atoms with van der Waals surface area (Å²) in [6.45, 7) is 3.65. The van der Waals surface area contributed by atoms with Gasteiger partial charge in [-0.25, -0.2) is 17.9 Å². The van der Waals surface area contributed by atoms with E-state index in [0.29, 0.717) is 23.8 Å². The molecule has 2 heterocycles. The predicted octanol–water partition coefficient (Wildman–Crippen LogP) is 0.958. The molecule has 0 aliphatic heterocycles. The van der Waals surface area contributed by atoms with E-state index in [-0.39, 0.29) is 26.3 Å². The Morgan fingerprint density at radius 2 is 1.82 bits per heavy atom. The second kappa shape index (κ2) is 13.0. The van der Waals surface area contributed by atoms with E-state index in [1.165, 1.54) is 11.9 Å². The maximum atomic E-state index is 12.8. The van der Waals surface area contributed by atoms with Crippen molar-refractivity contribution in [2.45, 2.75) is 38.6 Å². The highest BCUT2D eigenvalue weighted by atomic mass is 32.2. The highest BCUT2D eigenvalue weighted by molar-refractivity contribution is 7.88. The molecule has 0 bridgehead atoms. The van der Waals surface area contributed by atoms with Crippen LogP contribution in [0.5, 0.6) is 0 Å². The van der Waals surface area contributed by atoms with E-state index in [0.717, 1.165) is 11.8 Å². The predicted molar refractivity (Wildman–Crippen MR) is 144 cm³/mol. The molecular formula is C25H35N7O6S. The molecule has 14 heteroatoms. The number of nitrogens with zero attached hydrogens (tertiary/aromatic N) is 4. The molecular weight excluding hydrogens is 526 g/mol. The first-order chi connectivity index (χ1) is 18.3. The Labute approximate surface area is 227 Å². The van der Waals surface area contributed by atoms with Crippen LogP contribution in [0, 0.1) is 0 Å². The molecule has 2 aromatic heterocycles. The van der Waals surface area contributed by atoms with E-state index in [2.05, 4.69) is 20.2 Å². The van der Waals surface area contributed by atoms with E-state index < -0.39 is 33.6 Å². The van der Waals surface area contributed by atoms with Crippen molar-refractivity contribution in [3.63, 3.8) is 0 Å². The molecule has 0 aliphatic carbocycles. The number of pyridine rings is 1. The summed E-state index contributed by atoms with van der Waals surface area (Å²) in [5.41, 5.74) is 6.88. The average molecular weight is 562 g/mol. The first kappa shape index (κ1) is 30.0. The van der Waals surface area contributed by atoms with Crippen LogP contribution in [0.4, 0.5) is 4.79 Å². The Balaban J connectivity index is 1.78. The molecule has 0 fully saturated rings. The van der Waals surface area contributed by atoms with Crippen LogP contribution in [0.1, 0.15) is 37.0 Å². The van der Waals surface area contributed by atoms with Crippen LogP contribution in [0.3, 0.4) is 0 Å². The summed E-state index contributed by atoms with van der Waals surface area (Å²) in [4.78, 5) is 26.5. The normalized spacial score (nSPS) is 12.7. The number of likely N-dealkylation sites (N-methyl/N-ethyl adjacent to an activating group) is 1. The number of nitrogens with two attached hydrogens (primary N) is 1. The number of sulfonamides is 1. The van der Waals surface area contributed by atoms with Crippen LogP contribution in [-0.2, 0) is 37.5 Å². The maximum Gasteiger partial charge on any atom is 0.409 e. The monoisotopic (exact) mass is 561 g/mol. The SMILES string of the molecule is CN(CCNS(C)(=O)=O)C(=O)OCc1cccc2nnc([C@@H](COCc3ccccc3)NC(=O)C(C)(C)N)n12. The highest BCUT2D eigenvalue weighted by Crippen LogP contribution is 2.18. The zero-order valence-electron chi connectivity index (χ0n) is 22.5. The minimum Gasteiger partial charge on any atom is -0.443 e. The van der Waals surface area contributed by atoms with Crippen LogP contribution in [0.25, 0.3) is 5.65 Å². The van der Waals surface area contributed by atoms with E-state index in [1.54, 1.807) is 36.4 Å². The molecule has 212 valence electrons. The summed E-state index contributed by atoms with van der Waals surface area (Å²) in [6, 6.07) is 14.1. The van der Waals surface area contributed by atoms with Gasteiger partial charge in [0.05, 0.1) is 30.7 Å². The number of carbonyl (C=O) groups is 2. The molecule has 4 N–H and O–H groups in total. The first-order valence-corrected chi connectivity index (χ1v) is 14.1. The quantitative estimate of drug-likeness (QED) is 0.275. The summed E-state index contributed by atoms with van der Waals surface area (Å²) in [5, 5.41) is 11.4. The minimum atomic E-state index is -3.37. The lowest BCUT2D eigenvalue weighted by Crippen LogP contribution is -2.51. The zero-order chi connectivity index (χ0) is 28.6. The molecule has 0 spiro atoms. The third-order valence-corrected chi connectivity index (χ3v) is 6.33. The molecule has 39 heavy (non-hydrogen) atoms. The fourth-order valence-electron chi connectivity index (χ4n) is 3.50. The smallest absolute Gasteiger partial charge is 0.409 e. The average Bonchev–Trinajstić information content (AvgIpc) is 3.30. The summed E-state index contributed by atoms with van der Waals surface area (Å²) in [6.07, 6.45) is 0.400. The van der Waals surface area contributed by atoms with Crippen LogP contribution in [0.2, 0.25) is 0 Å². The Bertz CT molecular complexity index is 1370. The molecule has 1 atom stereocenters. The van der Waals surface area contributed by atoms with Crippen molar-refractivity contribution >= 4 is 27.7 Å². The van der Waals surface area contributed by atoms with Gasteiger partial charge in [-0.15, -0.1) is 10.2 Å². The molecule has 3 aromatic rings. The molecule has 0 radical (unpaired) electrons. The van der Waals surface area contributed by atoms with E-state index in [1.807, 2.05) is 30.3 Å². The lowest BCUT2D eigenvalue weighted by Gasteiger charge is -2.24. The Morgan fingerprint density at radius 1 is 1.10 bits per heavy atom. The highest BCUT2D eigenvalue weighted by Gasteiger charge is 2.28. The van der Waals surface area contributed by atoms with Crippen molar-refractivity contribution in [1.29, 1.82) is 0 Å². The van der Waals surface area contributed by atoms with Crippen molar-refractivity contribution in [1.82, 2.24) is 29.5 Å². The van der Waals surface area contributed by atoms with Gasteiger partial charge in [0.25, 0.3) is 0 Å². The van der Waals surface area contributed by atoms with Gasteiger partial charge in [-0.1, -0.05) is 36.4 Å². The second-order valence-electron chi connectivity index (χ2n) is 9.66. The fourth-order valence-corrected chi connectivity index (χ4v) is 3.96. The van der Waals surface area contributed by atoms with Gasteiger partial charge in [0.15, 0.2) is 11.5 Å². The molecule has 13 nitrogen and oxygen atoms in total. The van der Waals surface area contributed by atoms with Gasteiger partial charge in [0.1, 0.15) is 12.6 Å². The lowest BCUT2D eigenvalue weighted by molar-refractivity contribution is -0.126. The van der Waals surface area contributed by atoms with Gasteiger partial charge in [0.2, 0.25) is 15.9 Å². The number of rotatable bonds is 13. The second-order valence-corrected chi connectivity index (χ2v) is 11.5. The van der Waals surface area contributed by atoms with Crippen molar-refractivity contribution in [2.24, 2.45) is 5.73 Å². The number of carbonyl (C=O) groups excluding carboxylic acids is 2. The molecule has 2 amide bonds. The van der Waals surface area contributed by atoms with Crippen LogP contribution in [0.15, 0.2) is 48.5 Å². The van der Waals surface area contributed by atoms with Crippen molar-refractivity contribution < 1.29 is 27.5 Å². The standard InChI is InChI=1S/C25H35N7O6S/c1-25(2,26)23(33)28-20(17-37-15-18-9-6-5-7-10-18)22-30-29-21-12-8-11-19(32(21)22)16-38-24(34)31(3)14-13-27-39(4,35)36/h5-12,20,27H,13-17,26H2,1-4H3,(H,28,33)/t20-/m1/s1. The first-order valence-electron chi connectivity index (χ1n) is 12.2. The maximum absolute atomic E-state index is 12.8. The summed E-state index contributed by atoms with van der Waals surface area (Å²) < 4.78 is 37.9. The number of benzene rings is 1. The van der Waals surface area contributed by atoms with Crippen LogP contribution in [-0.4, -0.2) is 78.5 Å². The fraction of sp³-hybridized carbons (Fsp3) is 0.440. The van der Waals surface area contributed by atoms with Crippen molar-refractivity contribution in [3.8, 4) is 0 Å². The number of fused-ring (bicyclic) bond motifs is 1. The number of ether oxygens (including phenoxy) is 2. The van der Waals surface area contributed by atoms with Gasteiger partial charge in [-0.2, -0.15) is 0 Å². The summed E-state index contributed by atoms with van der Waals surface area (Å²) in [7, 11) is -1.87. The van der Waals surface area contributed by atoms with Crippen molar-refractivity contribution in [3.05, 3.63) is 65.6 Å². The summed E-state index contributed by atoms with van der Waals surface area (Å²) >= 11 is 0. The van der Waals surface area contributed by atoms with E-state index in [9.17, 15) is 18.0 Å². The number of hydrogen-bond acceptors (Lipinski definition) is 9. The number of hydrogen-bond donors (Lipinski definition) is 3. The topological polar surface area (TPSA) is 170 Å². The van der Waals surface area contributed by atoms with E-state index in [4.69, 9.17) is 15.2 Å². The summed E-state index contributed by atoms with van der Waals surface area (Å²) in [5.74, 6) is -0.0196. The largest absolute Gasteiger partial charge is 0.443 e. The number of amides is 2. The molecule has 0 saturated carbocycles.